The molecule has 6 rings (SSSR count). The van der Waals surface area contributed by atoms with Crippen LogP contribution in [0.3, 0.4) is 0 Å². The molecule has 0 N–H and O–H groups in total. The van der Waals surface area contributed by atoms with Crippen molar-refractivity contribution in [1.29, 1.82) is 0 Å². The Morgan fingerprint density at radius 2 is 1.68 bits per heavy atom. The number of aromatic nitrogens is 4. The Kier molecular flexibility index (Phi) is 6.24. The zero-order chi connectivity index (χ0) is 29.1. The summed E-state index contributed by atoms with van der Waals surface area (Å²) in [6.45, 7) is 1.90. The highest BCUT2D eigenvalue weighted by Gasteiger charge is 2.50. The fourth-order valence-electron chi connectivity index (χ4n) is 5.95. The number of amides is 1. The number of rotatable bonds is 3. The van der Waals surface area contributed by atoms with Gasteiger partial charge in [0.1, 0.15) is 5.78 Å². The van der Waals surface area contributed by atoms with Crippen LogP contribution >= 0.6 is 0 Å². The van der Waals surface area contributed by atoms with Gasteiger partial charge in [-0.15, -0.1) is 0 Å². The summed E-state index contributed by atoms with van der Waals surface area (Å²) >= 11 is 0. The van der Waals surface area contributed by atoms with Crippen LogP contribution in [0.2, 0.25) is 0 Å². The quantitative estimate of drug-likeness (QED) is 0.317. The lowest BCUT2D eigenvalue weighted by atomic mass is 9.72. The third-order valence-corrected chi connectivity index (χ3v) is 8.07. The minimum atomic E-state index is -4.51. The van der Waals surface area contributed by atoms with Crippen LogP contribution in [0.5, 0.6) is 0 Å². The highest BCUT2D eigenvalue weighted by atomic mass is 19.4. The van der Waals surface area contributed by atoms with E-state index in [4.69, 9.17) is 0 Å². The number of hydrogen-bond donors (Lipinski definition) is 0. The van der Waals surface area contributed by atoms with Crippen molar-refractivity contribution in [3.8, 4) is 16.9 Å². The molecule has 12 heteroatoms. The smallest absolute Gasteiger partial charge is 0.337 e. The summed E-state index contributed by atoms with van der Waals surface area (Å²) in [6, 6.07) is 8.50. The van der Waals surface area contributed by atoms with Crippen molar-refractivity contribution < 1.29 is 31.5 Å². The Morgan fingerprint density at radius 1 is 0.976 bits per heavy atom. The van der Waals surface area contributed by atoms with Crippen LogP contribution in [0.4, 0.5) is 22.0 Å². The van der Waals surface area contributed by atoms with E-state index in [0.717, 1.165) is 18.2 Å². The van der Waals surface area contributed by atoms with Crippen LogP contribution in [0.25, 0.3) is 16.9 Å². The molecular formula is C29H22F5N5O2. The summed E-state index contributed by atoms with van der Waals surface area (Å²) < 4.78 is 69.8. The lowest BCUT2D eigenvalue weighted by molar-refractivity contribution is -0.137. The summed E-state index contributed by atoms with van der Waals surface area (Å²) in [5, 5.41) is 12.2. The van der Waals surface area contributed by atoms with E-state index in [2.05, 4.69) is 15.3 Å². The molecule has 0 unspecified atom stereocenters. The van der Waals surface area contributed by atoms with Gasteiger partial charge in [0.05, 0.1) is 34.8 Å². The molecule has 1 aliphatic heterocycles. The van der Waals surface area contributed by atoms with Gasteiger partial charge in [-0.25, -0.2) is 13.5 Å². The number of carbonyl (C=O) groups excluding carboxylic acids is 2. The number of alkyl halides is 3. The fourth-order valence-corrected chi connectivity index (χ4v) is 5.95. The van der Waals surface area contributed by atoms with Crippen molar-refractivity contribution in [2.75, 3.05) is 13.1 Å². The van der Waals surface area contributed by atoms with Crippen molar-refractivity contribution in [2.45, 2.75) is 37.8 Å². The molecule has 2 aliphatic rings. The molecule has 2 aromatic heterocycles. The van der Waals surface area contributed by atoms with E-state index in [1.807, 2.05) is 0 Å². The Morgan fingerprint density at radius 3 is 2.32 bits per heavy atom. The Balaban J connectivity index is 1.34. The molecular weight excluding hydrogens is 545 g/mol. The second-order valence-corrected chi connectivity index (χ2v) is 10.3. The minimum Gasteiger partial charge on any atom is -0.337 e. The Bertz CT molecular complexity index is 1670. The molecule has 4 aromatic rings. The number of benzene rings is 2. The summed E-state index contributed by atoms with van der Waals surface area (Å²) in [5.74, 6) is -2.68. The van der Waals surface area contributed by atoms with Gasteiger partial charge in [0.2, 0.25) is 0 Å². The number of halogens is 5. The van der Waals surface area contributed by atoms with E-state index in [1.165, 1.54) is 40.2 Å². The molecule has 7 nitrogen and oxygen atoms in total. The Labute approximate surface area is 230 Å². The van der Waals surface area contributed by atoms with E-state index in [-0.39, 0.29) is 49.4 Å². The van der Waals surface area contributed by atoms with Crippen molar-refractivity contribution in [1.82, 2.24) is 24.9 Å². The third kappa shape index (κ3) is 4.28. The zero-order valence-corrected chi connectivity index (χ0v) is 21.7. The number of piperidine rings is 1. The van der Waals surface area contributed by atoms with Gasteiger partial charge in [0, 0.05) is 36.2 Å². The summed E-state index contributed by atoms with van der Waals surface area (Å²) in [7, 11) is 0. The van der Waals surface area contributed by atoms with Crippen LogP contribution in [0.1, 0.15) is 45.6 Å². The van der Waals surface area contributed by atoms with Gasteiger partial charge >= 0.3 is 6.18 Å². The highest BCUT2D eigenvalue weighted by molar-refractivity contribution is 5.98. The van der Waals surface area contributed by atoms with Crippen LogP contribution < -0.4 is 0 Å². The number of ketones is 1. The van der Waals surface area contributed by atoms with Gasteiger partial charge in [-0.3, -0.25) is 9.59 Å². The van der Waals surface area contributed by atoms with Crippen molar-refractivity contribution in [3.63, 3.8) is 0 Å². The first-order valence-corrected chi connectivity index (χ1v) is 12.9. The van der Waals surface area contributed by atoms with Crippen LogP contribution in [-0.2, 0) is 22.8 Å². The number of hydrogen-bond acceptors (Lipinski definition) is 5. The second kappa shape index (κ2) is 9.57. The molecule has 41 heavy (non-hydrogen) atoms. The fraction of sp³-hybridized carbons (Fsp3) is 0.276. The number of nitrogens with zero attached hydrogens (tertiary/aromatic N) is 5. The number of fused-ring (bicyclic) bond motifs is 2. The molecule has 2 aromatic carbocycles. The van der Waals surface area contributed by atoms with Crippen molar-refractivity contribution in [3.05, 3.63) is 94.4 Å². The van der Waals surface area contributed by atoms with Crippen molar-refractivity contribution >= 4 is 11.7 Å². The first-order valence-electron chi connectivity index (χ1n) is 12.9. The molecule has 1 saturated heterocycles. The average molecular weight is 568 g/mol. The molecule has 0 radical (unpaired) electrons. The van der Waals surface area contributed by atoms with Gasteiger partial charge in [-0.1, -0.05) is 6.07 Å². The first kappa shape index (κ1) is 26.7. The van der Waals surface area contributed by atoms with E-state index in [1.54, 1.807) is 13.0 Å². The largest absolute Gasteiger partial charge is 0.416 e. The highest BCUT2D eigenvalue weighted by Crippen LogP contribution is 2.46. The average Bonchev–Trinajstić information content (AvgIpc) is 3.45. The van der Waals surface area contributed by atoms with Crippen LogP contribution in [0.15, 0.2) is 54.9 Å². The SMILES string of the molecule is Cc1c(C(=O)N2CCC3(CC2)C(=O)Cc2ccc(F)c(F)c23)nn(-c2ccc(C(F)(F)F)cc2)c1-c1ccnnc1. The maximum absolute atomic E-state index is 14.8. The second-order valence-electron chi connectivity index (χ2n) is 10.3. The Hall–Kier alpha value is -4.48. The monoisotopic (exact) mass is 567 g/mol. The molecule has 1 fully saturated rings. The molecule has 210 valence electrons. The molecule has 0 saturated carbocycles. The van der Waals surface area contributed by atoms with Gasteiger partial charge < -0.3 is 4.90 Å². The van der Waals surface area contributed by atoms with Gasteiger partial charge in [-0.2, -0.15) is 28.5 Å². The van der Waals surface area contributed by atoms with Gasteiger partial charge in [-0.05, 0) is 61.7 Å². The first-order chi connectivity index (χ1) is 19.5. The molecule has 1 spiro atoms. The topological polar surface area (TPSA) is 81.0 Å². The predicted molar refractivity (Wildman–Crippen MR) is 136 cm³/mol. The molecule has 0 bridgehead atoms. The maximum Gasteiger partial charge on any atom is 0.416 e. The third-order valence-electron chi connectivity index (χ3n) is 8.07. The molecule has 3 heterocycles. The minimum absolute atomic E-state index is 0.0143. The predicted octanol–water partition coefficient (Wildman–Crippen LogP) is 5.23. The lowest BCUT2D eigenvalue weighted by Crippen LogP contribution is -2.48. The normalized spacial score (nSPS) is 16.3. The van der Waals surface area contributed by atoms with Crippen LogP contribution in [-0.4, -0.2) is 49.7 Å². The molecule has 0 atom stereocenters. The molecule has 1 aliphatic carbocycles. The standard InChI is InChI=1S/C29H22F5N5O2/c1-16-25(27(41)38-12-9-28(10-13-38)22(40)14-17-2-7-21(30)24(31)23(17)28)37-39(26(16)18-8-11-35-36-15-18)20-5-3-19(4-6-20)29(32,33)34/h2-8,11,15H,9-10,12-14H2,1H3. The van der Waals surface area contributed by atoms with E-state index in [9.17, 15) is 31.5 Å². The number of carbonyl (C=O) groups is 2. The van der Waals surface area contributed by atoms with E-state index < -0.39 is 34.7 Å². The zero-order valence-electron chi connectivity index (χ0n) is 21.7. The van der Waals surface area contributed by atoms with Gasteiger partial charge in [0.15, 0.2) is 17.3 Å². The maximum atomic E-state index is 14.8. The summed E-state index contributed by atoms with van der Waals surface area (Å²) in [5.41, 5.74) is 0.384. The summed E-state index contributed by atoms with van der Waals surface area (Å²) in [4.78, 5) is 28.3. The lowest BCUT2D eigenvalue weighted by Gasteiger charge is -2.38. The summed E-state index contributed by atoms with van der Waals surface area (Å²) in [6.07, 6.45) is -1.34. The van der Waals surface area contributed by atoms with Gasteiger partial charge in [0.25, 0.3) is 5.91 Å². The number of likely N-dealkylation sites (tertiary alicyclic amines) is 1. The van der Waals surface area contributed by atoms with Crippen LogP contribution in [0, 0.1) is 18.6 Å². The van der Waals surface area contributed by atoms with E-state index in [0.29, 0.717) is 28.1 Å². The van der Waals surface area contributed by atoms with E-state index >= 15 is 0 Å². The van der Waals surface area contributed by atoms with Crippen molar-refractivity contribution in [2.24, 2.45) is 0 Å². The molecule has 1 amide bonds. The number of Topliss-reactive ketones (excluding diaryl/α,β-unsaturated/α-hetero) is 1.